The number of rotatable bonds is 3. The summed E-state index contributed by atoms with van der Waals surface area (Å²) in [5.41, 5.74) is 0. The Morgan fingerprint density at radius 3 is 1.90 bits per heavy atom. The fourth-order valence-electron chi connectivity index (χ4n) is 0.521. The molecule has 0 aromatic heterocycles. The first-order valence-electron chi connectivity index (χ1n) is 2.65. The van der Waals surface area contributed by atoms with Gasteiger partial charge in [0.25, 0.3) is 0 Å². The summed E-state index contributed by atoms with van der Waals surface area (Å²) in [4.78, 5) is 10.6. The van der Waals surface area contributed by atoms with Crippen molar-refractivity contribution in [1.82, 2.24) is 0 Å². The van der Waals surface area contributed by atoms with E-state index in [2.05, 4.69) is 0 Å². The van der Waals surface area contributed by atoms with E-state index in [1.807, 2.05) is 0 Å². The van der Waals surface area contributed by atoms with Gasteiger partial charge in [0.1, 0.15) is 0 Å². The zero-order valence-electron chi connectivity index (χ0n) is 5.20. The molecule has 0 aliphatic rings. The van der Waals surface area contributed by atoms with Crippen LogP contribution in [0.15, 0.2) is 0 Å². The van der Waals surface area contributed by atoms with Gasteiger partial charge in [-0.05, 0) is 0 Å². The van der Waals surface area contributed by atoms with Crippen LogP contribution in [0, 0.1) is 0 Å². The Kier molecular flexibility index (Phi) is 5.02. The van der Waals surface area contributed by atoms with Crippen LogP contribution in [0.1, 0.15) is 13.3 Å². The van der Waals surface area contributed by atoms with E-state index in [0.29, 0.717) is 6.42 Å². The molecular weight excluding hydrogens is 278 g/mol. The van der Waals surface area contributed by atoms with Gasteiger partial charge in [-0.3, -0.25) is 0 Å². The van der Waals surface area contributed by atoms with E-state index in [-0.39, 0.29) is 0 Å². The summed E-state index contributed by atoms with van der Waals surface area (Å²) in [5.74, 6) is 0. The monoisotopic (exact) mass is 284 g/mol. The molecule has 0 saturated heterocycles. The molecule has 0 heterocycles. The molecule has 6 heteroatoms. The van der Waals surface area contributed by atoms with E-state index >= 15 is 0 Å². The second-order valence-corrected chi connectivity index (χ2v) is 18.2. The van der Waals surface area contributed by atoms with Crippen molar-refractivity contribution < 1.29 is 4.79 Å². The van der Waals surface area contributed by atoms with Crippen molar-refractivity contribution in [1.29, 1.82) is 0 Å². The summed E-state index contributed by atoms with van der Waals surface area (Å²) < 4.78 is -0.522. The third-order valence-electron chi connectivity index (χ3n) is 1.08. The molecular formula is C4H6Cl4GeO. The Balaban J connectivity index is 4.22. The van der Waals surface area contributed by atoms with Gasteiger partial charge >= 0.3 is 80.2 Å². The van der Waals surface area contributed by atoms with Crippen LogP contribution in [0.3, 0.4) is 0 Å². The van der Waals surface area contributed by atoms with E-state index in [9.17, 15) is 4.79 Å². The molecule has 0 radical (unpaired) electrons. The van der Waals surface area contributed by atoms with Gasteiger partial charge in [-0.2, -0.15) is 0 Å². The molecule has 0 aromatic rings. The third-order valence-corrected chi connectivity index (χ3v) is 8.90. The molecule has 0 aliphatic heterocycles. The standard InChI is InChI=1S/C4H6Cl4GeO/c1-2-3(4(5)10)9(6,7)8/h3H,2H2,1H3. The van der Waals surface area contributed by atoms with Crippen LogP contribution >= 0.6 is 41.6 Å². The summed E-state index contributed by atoms with van der Waals surface area (Å²) in [6.45, 7) is 1.78. The van der Waals surface area contributed by atoms with Crippen LogP contribution in [0.4, 0.5) is 0 Å². The van der Waals surface area contributed by atoms with Crippen molar-refractivity contribution in [2.24, 2.45) is 0 Å². The Labute approximate surface area is 79.9 Å². The number of carbonyl (C=O) groups is 1. The SMILES string of the molecule is CC[CH](C(=O)Cl)[Ge]([Cl])([Cl])[Cl]. The minimum absolute atomic E-state index is 0.513. The van der Waals surface area contributed by atoms with Crippen molar-refractivity contribution in [2.45, 2.75) is 18.1 Å². The van der Waals surface area contributed by atoms with Crippen molar-refractivity contribution >= 4 is 57.4 Å². The average molecular weight is 285 g/mol. The topological polar surface area (TPSA) is 17.1 Å². The molecule has 10 heavy (non-hydrogen) atoms. The second-order valence-electron chi connectivity index (χ2n) is 1.81. The molecule has 0 N–H and O–H groups in total. The molecule has 60 valence electrons. The van der Waals surface area contributed by atoms with Crippen LogP contribution in [0.5, 0.6) is 0 Å². The Hall–Kier alpha value is 1.37. The Morgan fingerprint density at radius 2 is 1.90 bits per heavy atom. The van der Waals surface area contributed by atoms with Gasteiger partial charge < -0.3 is 0 Å². The molecule has 0 aromatic carbocycles. The minimum atomic E-state index is -3.38. The van der Waals surface area contributed by atoms with E-state index in [4.69, 9.17) is 41.6 Å². The molecule has 0 fully saturated rings. The van der Waals surface area contributed by atoms with Gasteiger partial charge in [0, 0.05) is 0 Å². The van der Waals surface area contributed by atoms with Gasteiger partial charge in [-0.1, -0.05) is 0 Å². The van der Waals surface area contributed by atoms with Gasteiger partial charge in [0.05, 0.1) is 0 Å². The molecule has 1 unspecified atom stereocenters. The zero-order chi connectivity index (χ0) is 8.36. The fourth-order valence-corrected chi connectivity index (χ4v) is 7.86. The van der Waals surface area contributed by atoms with Gasteiger partial charge in [-0.15, -0.1) is 0 Å². The molecule has 0 saturated carbocycles. The normalized spacial score (nSPS) is 14.9. The first kappa shape index (κ1) is 11.4. The van der Waals surface area contributed by atoms with E-state index in [1.54, 1.807) is 6.92 Å². The van der Waals surface area contributed by atoms with Crippen molar-refractivity contribution in [3.8, 4) is 0 Å². The molecule has 0 aliphatic carbocycles. The number of hydrogen-bond donors (Lipinski definition) is 0. The molecule has 0 amide bonds. The number of halogens is 4. The summed E-state index contributed by atoms with van der Waals surface area (Å²) in [6, 6.07) is 0. The maximum atomic E-state index is 10.6. The molecule has 1 atom stereocenters. The third kappa shape index (κ3) is 3.67. The van der Waals surface area contributed by atoms with Gasteiger partial charge in [0.15, 0.2) is 0 Å². The van der Waals surface area contributed by atoms with Crippen LogP contribution in [0.2, 0.25) is 4.75 Å². The predicted octanol–water partition coefficient (Wildman–Crippen LogP) is 3.19. The van der Waals surface area contributed by atoms with Crippen LogP contribution in [-0.2, 0) is 4.79 Å². The van der Waals surface area contributed by atoms with Crippen molar-refractivity contribution in [3.05, 3.63) is 0 Å². The summed E-state index contributed by atoms with van der Waals surface area (Å²) in [6.07, 6.45) is 0.513. The number of carbonyl (C=O) groups excluding carboxylic acids is 1. The van der Waals surface area contributed by atoms with E-state index in [0.717, 1.165) is 0 Å². The Morgan fingerprint density at radius 1 is 1.50 bits per heavy atom. The van der Waals surface area contributed by atoms with Crippen molar-refractivity contribution in [2.75, 3.05) is 0 Å². The maximum absolute atomic E-state index is 10.6. The van der Waals surface area contributed by atoms with E-state index in [1.165, 1.54) is 0 Å². The van der Waals surface area contributed by atoms with E-state index < -0.39 is 20.5 Å². The van der Waals surface area contributed by atoms with Crippen LogP contribution in [-0.4, -0.2) is 15.7 Å². The summed E-state index contributed by atoms with van der Waals surface area (Å²) >= 11 is 5.18. The second kappa shape index (κ2) is 4.41. The summed E-state index contributed by atoms with van der Waals surface area (Å²) in [7, 11) is 13.4. The first-order chi connectivity index (χ1) is 4.39. The van der Waals surface area contributed by atoms with Crippen LogP contribution in [0.25, 0.3) is 0 Å². The molecule has 0 rings (SSSR count). The molecule has 0 bridgehead atoms. The zero-order valence-corrected chi connectivity index (χ0v) is 10.3. The van der Waals surface area contributed by atoms with Crippen LogP contribution < -0.4 is 0 Å². The fraction of sp³-hybridized carbons (Fsp3) is 0.750. The average Bonchev–Trinajstić information content (AvgIpc) is 1.60. The molecule has 0 spiro atoms. The summed E-state index contributed by atoms with van der Waals surface area (Å²) in [5, 5.41) is -0.525. The van der Waals surface area contributed by atoms with Gasteiger partial charge in [0.2, 0.25) is 0 Å². The quantitative estimate of drug-likeness (QED) is 0.574. The van der Waals surface area contributed by atoms with Gasteiger partial charge in [-0.25, -0.2) is 0 Å². The van der Waals surface area contributed by atoms with Crippen molar-refractivity contribution in [3.63, 3.8) is 0 Å². The first-order valence-corrected chi connectivity index (χ1v) is 12.5. The predicted molar refractivity (Wildman–Crippen MR) is 48.2 cm³/mol. The Bertz CT molecular complexity index is 132. The molecule has 1 nitrogen and oxygen atoms in total. The number of hydrogen-bond acceptors (Lipinski definition) is 1.